The molecule has 2 rings (SSSR count). The summed E-state index contributed by atoms with van der Waals surface area (Å²) in [6.45, 7) is 8.65. The van der Waals surface area contributed by atoms with Gasteiger partial charge in [0, 0.05) is 37.3 Å². The molecule has 1 saturated heterocycles. The molecular weight excluding hydrogens is 279 g/mol. The van der Waals surface area contributed by atoms with E-state index in [1.165, 1.54) is 6.07 Å². The van der Waals surface area contributed by atoms with E-state index in [1.54, 1.807) is 12.1 Å². The Kier molecular flexibility index (Phi) is 4.23. The van der Waals surface area contributed by atoms with Gasteiger partial charge in [-0.3, -0.25) is 4.79 Å². The molecule has 0 saturated carbocycles. The number of halogens is 2. The number of hydrogen-bond acceptors (Lipinski definition) is 2. The number of amides is 1. The first-order valence-electron chi connectivity index (χ1n) is 6.78. The monoisotopic (exact) mass is 298 g/mol. The Bertz CT molecular complexity index is 505. The number of rotatable bonds is 1. The van der Waals surface area contributed by atoms with Gasteiger partial charge in [-0.15, -0.1) is 0 Å². The quantitative estimate of drug-likeness (QED) is 0.795. The zero-order valence-electron chi connectivity index (χ0n) is 12.1. The standard InChI is InChI=1S/C15H20ClFN2O/c1-15(2,3)14(20)19-8-6-18(7-9-19)11-4-5-13(17)12(16)10-11/h4-5,10H,6-9H2,1-3H3. The lowest BCUT2D eigenvalue weighted by Gasteiger charge is -2.38. The van der Waals surface area contributed by atoms with Gasteiger partial charge in [-0.25, -0.2) is 4.39 Å². The lowest BCUT2D eigenvalue weighted by atomic mass is 9.94. The second-order valence-electron chi connectivity index (χ2n) is 6.13. The van der Waals surface area contributed by atoms with E-state index >= 15 is 0 Å². The molecule has 0 bridgehead atoms. The molecule has 1 heterocycles. The summed E-state index contributed by atoms with van der Waals surface area (Å²) in [5.74, 6) is -0.230. The van der Waals surface area contributed by atoms with Gasteiger partial charge in [-0.1, -0.05) is 32.4 Å². The minimum absolute atomic E-state index is 0.135. The fourth-order valence-corrected chi connectivity index (χ4v) is 2.50. The van der Waals surface area contributed by atoms with Crippen LogP contribution in [0, 0.1) is 11.2 Å². The molecule has 1 aromatic carbocycles. The third-order valence-corrected chi connectivity index (χ3v) is 3.77. The van der Waals surface area contributed by atoms with Gasteiger partial charge in [-0.2, -0.15) is 0 Å². The summed E-state index contributed by atoms with van der Waals surface area (Å²) in [6.07, 6.45) is 0. The molecule has 0 N–H and O–H groups in total. The molecule has 3 nitrogen and oxygen atoms in total. The van der Waals surface area contributed by atoms with Crippen LogP contribution in [0.5, 0.6) is 0 Å². The summed E-state index contributed by atoms with van der Waals surface area (Å²) in [5, 5.41) is 0.135. The topological polar surface area (TPSA) is 23.6 Å². The Labute approximate surface area is 124 Å². The lowest BCUT2D eigenvalue weighted by Crippen LogP contribution is -2.51. The van der Waals surface area contributed by atoms with Crippen molar-refractivity contribution in [2.45, 2.75) is 20.8 Å². The minimum Gasteiger partial charge on any atom is -0.368 e. The van der Waals surface area contributed by atoms with E-state index in [0.29, 0.717) is 13.1 Å². The van der Waals surface area contributed by atoms with Crippen LogP contribution in [0.25, 0.3) is 0 Å². The minimum atomic E-state index is -0.406. The molecule has 20 heavy (non-hydrogen) atoms. The van der Waals surface area contributed by atoms with Crippen LogP contribution >= 0.6 is 11.6 Å². The second-order valence-corrected chi connectivity index (χ2v) is 6.53. The van der Waals surface area contributed by atoms with Gasteiger partial charge in [0.25, 0.3) is 0 Å². The van der Waals surface area contributed by atoms with Gasteiger partial charge in [-0.05, 0) is 18.2 Å². The fourth-order valence-electron chi connectivity index (χ4n) is 2.32. The molecule has 0 spiro atoms. The summed E-state index contributed by atoms with van der Waals surface area (Å²) in [4.78, 5) is 16.2. The molecular formula is C15H20ClFN2O. The van der Waals surface area contributed by atoms with E-state index in [-0.39, 0.29) is 16.3 Å². The average molecular weight is 299 g/mol. The number of carbonyl (C=O) groups excluding carboxylic acids is 1. The summed E-state index contributed by atoms with van der Waals surface area (Å²) in [5.41, 5.74) is 0.556. The van der Waals surface area contributed by atoms with Crippen LogP contribution < -0.4 is 4.90 Å². The van der Waals surface area contributed by atoms with Crippen LogP contribution in [-0.2, 0) is 4.79 Å². The molecule has 0 aliphatic carbocycles. The first kappa shape index (κ1) is 15.1. The smallest absolute Gasteiger partial charge is 0.228 e. The lowest BCUT2D eigenvalue weighted by molar-refractivity contribution is -0.139. The SMILES string of the molecule is CC(C)(C)C(=O)N1CCN(c2ccc(F)c(Cl)c2)CC1. The molecule has 0 atom stereocenters. The van der Waals surface area contributed by atoms with Gasteiger partial charge >= 0.3 is 0 Å². The van der Waals surface area contributed by atoms with E-state index in [4.69, 9.17) is 11.6 Å². The average Bonchev–Trinajstić information content (AvgIpc) is 2.40. The first-order valence-corrected chi connectivity index (χ1v) is 7.16. The second kappa shape index (κ2) is 5.60. The zero-order chi connectivity index (χ0) is 14.9. The van der Waals surface area contributed by atoms with Gasteiger partial charge in [0.15, 0.2) is 0 Å². The highest BCUT2D eigenvalue weighted by Crippen LogP contribution is 2.25. The number of piperazine rings is 1. The molecule has 0 radical (unpaired) electrons. The van der Waals surface area contributed by atoms with Crippen molar-refractivity contribution >= 4 is 23.2 Å². The molecule has 5 heteroatoms. The van der Waals surface area contributed by atoms with Crippen molar-refractivity contribution in [3.8, 4) is 0 Å². The number of anilines is 1. The van der Waals surface area contributed by atoms with Crippen LogP contribution in [0.1, 0.15) is 20.8 Å². The Balaban J connectivity index is 2.01. The summed E-state index contributed by atoms with van der Waals surface area (Å²) >= 11 is 5.81. The van der Waals surface area contributed by atoms with Crippen LogP contribution in [0.2, 0.25) is 5.02 Å². The summed E-state index contributed by atoms with van der Waals surface area (Å²) in [7, 11) is 0. The van der Waals surface area contributed by atoms with E-state index in [9.17, 15) is 9.18 Å². The normalized spacial score (nSPS) is 16.4. The van der Waals surface area contributed by atoms with Gasteiger partial charge in [0.05, 0.1) is 5.02 Å². The maximum absolute atomic E-state index is 13.2. The molecule has 1 aliphatic rings. The molecule has 1 fully saturated rings. The highest BCUT2D eigenvalue weighted by Gasteiger charge is 2.29. The van der Waals surface area contributed by atoms with Crippen LogP contribution in [0.15, 0.2) is 18.2 Å². The van der Waals surface area contributed by atoms with Crippen LogP contribution in [0.4, 0.5) is 10.1 Å². The highest BCUT2D eigenvalue weighted by atomic mass is 35.5. The predicted octanol–water partition coefficient (Wildman–Crippen LogP) is 3.17. The van der Waals surface area contributed by atoms with E-state index in [2.05, 4.69) is 4.90 Å². The van der Waals surface area contributed by atoms with E-state index in [1.807, 2.05) is 25.7 Å². The van der Waals surface area contributed by atoms with Crippen molar-refractivity contribution in [3.63, 3.8) is 0 Å². The molecule has 1 aromatic rings. The third-order valence-electron chi connectivity index (χ3n) is 3.48. The molecule has 0 aromatic heterocycles. The van der Waals surface area contributed by atoms with Crippen LogP contribution in [0.3, 0.4) is 0 Å². The molecule has 0 unspecified atom stereocenters. The number of benzene rings is 1. The van der Waals surface area contributed by atoms with Crippen LogP contribution in [-0.4, -0.2) is 37.0 Å². The highest BCUT2D eigenvalue weighted by molar-refractivity contribution is 6.31. The van der Waals surface area contributed by atoms with Gasteiger partial charge in [0.1, 0.15) is 5.82 Å². The Hall–Kier alpha value is -1.29. The fraction of sp³-hybridized carbons (Fsp3) is 0.533. The van der Waals surface area contributed by atoms with Crippen molar-refractivity contribution in [2.24, 2.45) is 5.41 Å². The molecule has 1 amide bonds. The van der Waals surface area contributed by atoms with Crippen molar-refractivity contribution < 1.29 is 9.18 Å². The van der Waals surface area contributed by atoms with Gasteiger partial charge < -0.3 is 9.80 Å². The Morgan fingerprint density at radius 3 is 2.30 bits per heavy atom. The molecule has 110 valence electrons. The predicted molar refractivity (Wildman–Crippen MR) is 79.7 cm³/mol. The number of hydrogen-bond donors (Lipinski definition) is 0. The number of nitrogens with zero attached hydrogens (tertiary/aromatic N) is 2. The van der Waals surface area contributed by atoms with E-state index in [0.717, 1.165) is 18.8 Å². The van der Waals surface area contributed by atoms with Crippen molar-refractivity contribution in [1.82, 2.24) is 4.90 Å². The van der Waals surface area contributed by atoms with Crippen molar-refractivity contribution in [2.75, 3.05) is 31.1 Å². The third kappa shape index (κ3) is 3.23. The van der Waals surface area contributed by atoms with Crippen molar-refractivity contribution in [3.05, 3.63) is 29.0 Å². The van der Waals surface area contributed by atoms with Gasteiger partial charge in [0.2, 0.25) is 5.91 Å². The Morgan fingerprint density at radius 1 is 1.20 bits per heavy atom. The largest absolute Gasteiger partial charge is 0.368 e. The number of carbonyl (C=O) groups is 1. The Morgan fingerprint density at radius 2 is 1.80 bits per heavy atom. The summed E-state index contributed by atoms with van der Waals surface area (Å²) in [6, 6.07) is 4.74. The van der Waals surface area contributed by atoms with E-state index < -0.39 is 5.82 Å². The summed E-state index contributed by atoms with van der Waals surface area (Å²) < 4.78 is 13.2. The molecule has 1 aliphatic heterocycles. The first-order chi connectivity index (χ1) is 9.29. The maximum Gasteiger partial charge on any atom is 0.228 e. The van der Waals surface area contributed by atoms with Crippen molar-refractivity contribution in [1.29, 1.82) is 0 Å². The maximum atomic E-state index is 13.2. The zero-order valence-corrected chi connectivity index (χ0v) is 12.9.